The number of nitrogens with two attached hydrogens (primary N) is 2. The van der Waals surface area contributed by atoms with E-state index in [1.807, 2.05) is 31.2 Å². The number of benzene rings is 1. The Bertz CT molecular complexity index is 576. The first kappa shape index (κ1) is 18.3. The highest BCUT2D eigenvalue weighted by Gasteiger charge is 2.27. The van der Waals surface area contributed by atoms with Crippen molar-refractivity contribution < 1.29 is 9.59 Å². The van der Waals surface area contributed by atoms with Gasteiger partial charge in [0.05, 0.1) is 12.5 Å². The van der Waals surface area contributed by atoms with E-state index in [9.17, 15) is 9.59 Å². The molecule has 1 fully saturated rings. The summed E-state index contributed by atoms with van der Waals surface area (Å²) >= 11 is 0. The van der Waals surface area contributed by atoms with Crippen molar-refractivity contribution in [2.45, 2.75) is 51.1 Å². The molecule has 0 saturated heterocycles. The highest BCUT2D eigenvalue weighted by molar-refractivity contribution is 5.79. The number of urea groups is 1. The van der Waals surface area contributed by atoms with Gasteiger partial charge in [-0.1, -0.05) is 37.1 Å². The van der Waals surface area contributed by atoms with E-state index < -0.39 is 12.1 Å². The minimum absolute atomic E-state index is 0.0812. The van der Waals surface area contributed by atoms with Crippen LogP contribution >= 0.6 is 0 Å². The van der Waals surface area contributed by atoms with Crippen molar-refractivity contribution >= 4 is 11.9 Å². The number of rotatable bonds is 6. The Morgan fingerprint density at radius 1 is 1.25 bits per heavy atom. The normalized spacial score (nSPS) is 21.8. The minimum Gasteiger partial charge on any atom is -0.353 e. The molecule has 1 saturated carbocycles. The molecule has 6 heteroatoms. The molecule has 0 aromatic heterocycles. The number of nitrogens with one attached hydrogen (secondary N) is 2. The standard InChI is InChI=1S/C18H28N4O2/c1-12-6-2-4-8-14(12)16(22-18(20)24)10-17(23)21-15-9-5-3-7-13(15)11-19/h2,4,6,8,13,15-16H,3,5,7,9-11,19H2,1H3,(H,21,23)(H3,20,22,24). The smallest absolute Gasteiger partial charge is 0.312 e. The van der Waals surface area contributed by atoms with Gasteiger partial charge in [-0.05, 0) is 43.4 Å². The van der Waals surface area contributed by atoms with Gasteiger partial charge >= 0.3 is 6.03 Å². The molecule has 0 bridgehead atoms. The van der Waals surface area contributed by atoms with Crippen LogP contribution in [-0.2, 0) is 4.79 Å². The molecule has 132 valence electrons. The molecule has 2 rings (SSSR count). The molecule has 0 radical (unpaired) electrons. The molecule has 6 nitrogen and oxygen atoms in total. The molecule has 1 aromatic rings. The maximum Gasteiger partial charge on any atom is 0.312 e. The number of amides is 3. The predicted octanol–water partition coefficient (Wildman–Crippen LogP) is 1.73. The summed E-state index contributed by atoms with van der Waals surface area (Å²) in [6.45, 7) is 2.54. The Morgan fingerprint density at radius 3 is 2.62 bits per heavy atom. The zero-order valence-corrected chi connectivity index (χ0v) is 14.3. The number of hydrogen-bond acceptors (Lipinski definition) is 3. The van der Waals surface area contributed by atoms with Crippen molar-refractivity contribution in [3.8, 4) is 0 Å². The summed E-state index contributed by atoms with van der Waals surface area (Å²) in [7, 11) is 0. The second-order valence-corrected chi connectivity index (χ2v) is 6.58. The van der Waals surface area contributed by atoms with E-state index in [1.54, 1.807) is 0 Å². The van der Waals surface area contributed by atoms with Crippen LogP contribution in [0, 0.1) is 12.8 Å². The summed E-state index contributed by atoms with van der Waals surface area (Å²) < 4.78 is 0. The number of primary amides is 1. The van der Waals surface area contributed by atoms with E-state index >= 15 is 0 Å². The largest absolute Gasteiger partial charge is 0.353 e. The van der Waals surface area contributed by atoms with Gasteiger partial charge in [0.1, 0.15) is 0 Å². The SMILES string of the molecule is Cc1ccccc1C(CC(=O)NC1CCCCC1CN)NC(N)=O. The fourth-order valence-corrected chi connectivity index (χ4v) is 3.52. The second kappa shape index (κ2) is 8.68. The van der Waals surface area contributed by atoms with E-state index in [-0.39, 0.29) is 18.4 Å². The summed E-state index contributed by atoms with van der Waals surface area (Å²) in [6, 6.07) is 6.75. The Labute approximate surface area is 143 Å². The monoisotopic (exact) mass is 332 g/mol. The van der Waals surface area contributed by atoms with Crippen LogP contribution < -0.4 is 22.1 Å². The summed E-state index contributed by atoms with van der Waals surface area (Å²) in [6.07, 6.45) is 4.47. The summed E-state index contributed by atoms with van der Waals surface area (Å²) in [4.78, 5) is 23.8. The maximum absolute atomic E-state index is 12.5. The van der Waals surface area contributed by atoms with Crippen molar-refractivity contribution in [3.05, 3.63) is 35.4 Å². The van der Waals surface area contributed by atoms with E-state index in [4.69, 9.17) is 11.5 Å². The van der Waals surface area contributed by atoms with Gasteiger partial charge in [-0.2, -0.15) is 0 Å². The molecule has 1 aromatic carbocycles. The number of carbonyl (C=O) groups is 2. The van der Waals surface area contributed by atoms with E-state index in [2.05, 4.69) is 10.6 Å². The quantitative estimate of drug-likeness (QED) is 0.636. The third-order valence-corrected chi connectivity index (χ3v) is 4.83. The summed E-state index contributed by atoms with van der Waals surface area (Å²) in [5.41, 5.74) is 13.0. The Morgan fingerprint density at radius 2 is 1.96 bits per heavy atom. The first-order valence-electron chi connectivity index (χ1n) is 8.62. The lowest BCUT2D eigenvalue weighted by atomic mass is 9.84. The maximum atomic E-state index is 12.5. The van der Waals surface area contributed by atoms with Crippen LogP contribution in [0.3, 0.4) is 0 Å². The van der Waals surface area contributed by atoms with Crippen LogP contribution in [0.15, 0.2) is 24.3 Å². The van der Waals surface area contributed by atoms with Crippen LogP contribution in [0.5, 0.6) is 0 Å². The molecule has 0 heterocycles. The lowest BCUT2D eigenvalue weighted by molar-refractivity contribution is -0.122. The van der Waals surface area contributed by atoms with Crippen molar-refractivity contribution in [2.24, 2.45) is 17.4 Å². The van der Waals surface area contributed by atoms with Gasteiger partial charge in [-0.25, -0.2) is 4.79 Å². The van der Waals surface area contributed by atoms with E-state index in [0.717, 1.165) is 30.4 Å². The van der Waals surface area contributed by atoms with Gasteiger partial charge in [0.15, 0.2) is 0 Å². The molecular weight excluding hydrogens is 304 g/mol. The second-order valence-electron chi connectivity index (χ2n) is 6.58. The minimum atomic E-state index is -0.631. The van der Waals surface area contributed by atoms with Crippen molar-refractivity contribution in [1.82, 2.24) is 10.6 Å². The molecule has 0 spiro atoms. The molecule has 0 aliphatic heterocycles. The first-order chi connectivity index (χ1) is 11.5. The van der Waals surface area contributed by atoms with Crippen LogP contribution in [-0.4, -0.2) is 24.5 Å². The van der Waals surface area contributed by atoms with Crippen molar-refractivity contribution in [1.29, 1.82) is 0 Å². The van der Waals surface area contributed by atoms with Gasteiger partial charge in [0, 0.05) is 6.04 Å². The van der Waals surface area contributed by atoms with Crippen LogP contribution in [0.2, 0.25) is 0 Å². The van der Waals surface area contributed by atoms with Crippen molar-refractivity contribution in [3.63, 3.8) is 0 Å². The topological polar surface area (TPSA) is 110 Å². The average molecular weight is 332 g/mol. The van der Waals surface area contributed by atoms with E-state index in [1.165, 1.54) is 6.42 Å². The van der Waals surface area contributed by atoms with Gasteiger partial charge in [0.25, 0.3) is 0 Å². The zero-order valence-electron chi connectivity index (χ0n) is 14.3. The highest BCUT2D eigenvalue weighted by Crippen LogP contribution is 2.25. The highest BCUT2D eigenvalue weighted by atomic mass is 16.2. The zero-order chi connectivity index (χ0) is 17.5. The van der Waals surface area contributed by atoms with Crippen LogP contribution in [0.1, 0.15) is 49.3 Å². The van der Waals surface area contributed by atoms with Gasteiger partial charge in [-0.3, -0.25) is 4.79 Å². The molecule has 3 unspecified atom stereocenters. The Balaban J connectivity index is 2.04. The van der Waals surface area contributed by atoms with Gasteiger partial charge in [-0.15, -0.1) is 0 Å². The molecule has 1 aliphatic rings. The molecule has 3 amide bonds. The lowest BCUT2D eigenvalue weighted by Crippen LogP contribution is -2.46. The summed E-state index contributed by atoms with van der Waals surface area (Å²) in [5.74, 6) is 0.256. The van der Waals surface area contributed by atoms with Crippen LogP contribution in [0.25, 0.3) is 0 Å². The van der Waals surface area contributed by atoms with Gasteiger partial charge < -0.3 is 22.1 Å². The third kappa shape index (κ3) is 4.96. The Hall–Kier alpha value is -2.08. The molecular formula is C18H28N4O2. The number of hydrogen-bond donors (Lipinski definition) is 4. The predicted molar refractivity (Wildman–Crippen MR) is 94.2 cm³/mol. The lowest BCUT2D eigenvalue weighted by Gasteiger charge is -2.32. The number of aryl methyl sites for hydroxylation is 1. The number of carbonyl (C=O) groups excluding carboxylic acids is 2. The fourth-order valence-electron chi connectivity index (χ4n) is 3.52. The third-order valence-electron chi connectivity index (χ3n) is 4.83. The van der Waals surface area contributed by atoms with Gasteiger partial charge in [0.2, 0.25) is 5.91 Å². The summed E-state index contributed by atoms with van der Waals surface area (Å²) in [5, 5.41) is 5.79. The first-order valence-corrected chi connectivity index (χ1v) is 8.62. The molecule has 3 atom stereocenters. The van der Waals surface area contributed by atoms with Crippen molar-refractivity contribution in [2.75, 3.05) is 6.54 Å². The average Bonchev–Trinajstić information content (AvgIpc) is 2.54. The molecule has 6 N–H and O–H groups in total. The molecule has 1 aliphatic carbocycles. The van der Waals surface area contributed by atoms with Crippen LogP contribution in [0.4, 0.5) is 4.79 Å². The molecule has 24 heavy (non-hydrogen) atoms. The fraction of sp³-hybridized carbons (Fsp3) is 0.556. The Kier molecular flexibility index (Phi) is 6.61. The van der Waals surface area contributed by atoms with E-state index in [0.29, 0.717) is 12.5 Å².